The lowest BCUT2D eigenvalue weighted by molar-refractivity contribution is 0.618. The smallest absolute Gasteiger partial charge is 0.151 e. The van der Waals surface area contributed by atoms with E-state index in [1.54, 1.807) is 17.4 Å². The maximum absolute atomic E-state index is 12.7. The summed E-state index contributed by atoms with van der Waals surface area (Å²) in [5.74, 6) is -0.292. The van der Waals surface area contributed by atoms with Crippen LogP contribution < -0.4 is 0 Å². The van der Waals surface area contributed by atoms with Gasteiger partial charge >= 0.3 is 0 Å². The molecule has 0 atom stereocenters. The highest BCUT2D eigenvalue weighted by atomic mass is 35.5. The van der Waals surface area contributed by atoms with Crippen LogP contribution in [-0.2, 0) is 0 Å². The number of aryl methyl sites for hydroxylation is 1. The molecule has 0 spiro atoms. The number of imidazole rings is 1. The van der Waals surface area contributed by atoms with Crippen molar-refractivity contribution in [3.63, 3.8) is 0 Å². The summed E-state index contributed by atoms with van der Waals surface area (Å²) in [7, 11) is 0. The highest BCUT2D eigenvalue weighted by molar-refractivity contribution is 6.30. The summed E-state index contributed by atoms with van der Waals surface area (Å²) < 4.78 is 14.4. The van der Waals surface area contributed by atoms with E-state index in [1.165, 1.54) is 12.3 Å². The molecule has 2 aromatic rings. The molecule has 0 aliphatic carbocycles. The quantitative estimate of drug-likeness (QED) is 0.657. The Kier molecular flexibility index (Phi) is 3.47. The molecule has 4 heteroatoms. The Balaban J connectivity index is 0.000000461. The Morgan fingerprint density at radius 1 is 1.36 bits per heavy atom. The molecular weight excluding hydrogens is 203 g/mol. The first kappa shape index (κ1) is 11.0. The van der Waals surface area contributed by atoms with Crippen molar-refractivity contribution in [1.82, 2.24) is 9.38 Å². The van der Waals surface area contributed by atoms with Crippen molar-refractivity contribution < 1.29 is 4.39 Å². The van der Waals surface area contributed by atoms with Gasteiger partial charge in [-0.3, -0.25) is 4.40 Å². The predicted molar refractivity (Wildman–Crippen MR) is 56.2 cm³/mol. The average Bonchev–Trinajstić information content (AvgIpc) is 2.48. The zero-order chi connectivity index (χ0) is 10.7. The van der Waals surface area contributed by atoms with Crippen LogP contribution >= 0.6 is 11.6 Å². The van der Waals surface area contributed by atoms with Crippen molar-refractivity contribution in [3.8, 4) is 0 Å². The molecule has 2 aromatic heterocycles. The maximum Gasteiger partial charge on any atom is 0.151 e. The number of pyridine rings is 1. The lowest BCUT2D eigenvalue weighted by atomic mass is 10.4. The van der Waals surface area contributed by atoms with E-state index < -0.39 is 0 Å². The highest BCUT2D eigenvalue weighted by Gasteiger charge is 2.05. The number of nitrogens with zero attached hydrogens (tertiary/aromatic N) is 2. The molecule has 2 nitrogen and oxygen atoms in total. The Bertz CT molecular complexity index is 437. The van der Waals surface area contributed by atoms with E-state index in [0.29, 0.717) is 10.8 Å². The van der Waals surface area contributed by atoms with Gasteiger partial charge in [-0.2, -0.15) is 0 Å². The summed E-state index contributed by atoms with van der Waals surface area (Å²) in [4.78, 5) is 4.02. The fourth-order valence-electron chi connectivity index (χ4n) is 1.11. The van der Waals surface area contributed by atoms with Gasteiger partial charge in [0.2, 0.25) is 0 Å². The second-order valence-electron chi connectivity index (χ2n) is 2.56. The average molecular weight is 215 g/mol. The zero-order valence-electron chi connectivity index (χ0n) is 8.38. The fraction of sp³-hybridized carbons (Fsp3) is 0.300. The minimum atomic E-state index is -0.292. The topological polar surface area (TPSA) is 17.3 Å². The number of aromatic nitrogens is 2. The van der Waals surface area contributed by atoms with E-state index in [2.05, 4.69) is 4.98 Å². The summed E-state index contributed by atoms with van der Waals surface area (Å²) in [6, 6.07) is 2.95. The van der Waals surface area contributed by atoms with E-state index in [9.17, 15) is 4.39 Å². The van der Waals surface area contributed by atoms with Crippen LogP contribution in [0.1, 0.15) is 19.5 Å². The standard InChI is InChI=1S/C8H6ClFN2.C2H6/c1-5-8(9)11-7-3-2-6(10)4-12(5)7;1-2/h2-4H,1H3;1-2H3. The van der Waals surface area contributed by atoms with Gasteiger partial charge in [-0.05, 0) is 19.1 Å². The molecule has 0 saturated carbocycles. The molecule has 0 aliphatic rings. The van der Waals surface area contributed by atoms with Crippen LogP contribution in [0.4, 0.5) is 4.39 Å². The number of hydrogen-bond donors (Lipinski definition) is 0. The van der Waals surface area contributed by atoms with Crippen LogP contribution in [0.15, 0.2) is 18.3 Å². The molecule has 0 unspecified atom stereocenters. The monoisotopic (exact) mass is 214 g/mol. The van der Waals surface area contributed by atoms with E-state index >= 15 is 0 Å². The van der Waals surface area contributed by atoms with Gasteiger partial charge in [0.25, 0.3) is 0 Å². The van der Waals surface area contributed by atoms with Crippen molar-refractivity contribution in [2.75, 3.05) is 0 Å². The molecule has 0 aliphatic heterocycles. The van der Waals surface area contributed by atoms with E-state index in [-0.39, 0.29) is 5.82 Å². The number of fused-ring (bicyclic) bond motifs is 1. The molecule has 0 N–H and O–H groups in total. The lowest BCUT2D eigenvalue weighted by Gasteiger charge is -1.94. The molecule has 0 saturated heterocycles. The predicted octanol–water partition coefficient (Wildman–Crippen LogP) is 3.46. The van der Waals surface area contributed by atoms with Gasteiger partial charge in [0.15, 0.2) is 5.15 Å². The van der Waals surface area contributed by atoms with E-state index in [1.807, 2.05) is 13.8 Å². The molecule has 2 heterocycles. The first-order chi connectivity index (χ1) is 6.68. The van der Waals surface area contributed by atoms with Crippen LogP contribution in [0.25, 0.3) is 5.65 Å². The first-order valence-corrected chi connectivity index (χ1v) is 4.86. The molecule has 14 heavy (non-hydrogen) atoms. The molecule has 0 fully saturated rings. The largest absolute Gasteiger partial charge is 0.300 e. The van der Waals surface area contributed by atoms with Crippen LogP contribution in [0.5, 0.6) is 0 Å². The van der Waals surface area contributed by atoms with Crippen LogP contribution in [0.2, 0.25) is 5.15 Å². The van der Waals surface area contributed by atoms with Crippen molar-refractivity contribution in [3.05, 3.63) is 35.0 Å². The minimum absolute atomic E-state index is 0.292. The summed E-state index contributed by atoms with van der Waals surface area (Å²) in [6.07, 6.45) is 1.36. The molecule has 76 valence electrons. The van der Waals surface area contributed by atoms with Gasteiger partial charge in [0.05, 0.1) is 5.69 Å². The van der Waals surface area contributed by atoms with Gasteiger partial charge in [0, 0.05) is 6.20 Å². The lowest BCUT2D eigenvalue weighted by Crippen LogP contribution is -1.87. The van der Waals surface area contributed by atoms with Crippen LogP contribution in [0.3, 0.4) is 0 Å². The zero-order valence-corrected chi connectivity index (χ0v) is 9.14. The number of rotatable bonds is 0. The Morgan fingerprint density at radius 2 is 2.00 bits per heavy atom. The molecule has 0 radical (unpaired) electrons. The minimum Gasteiger partial charge on any atom is -0.300 e. The van der Waals surface area contributed by atoms with Gasteiger partial charge in [-0.25, -0.2) is 9.37 Å². The fourth-order valence-corrected chi connectivity index (χ4v) is 1.29. The highest BCUT2D eigenvalue weighted by Crippen LogP contribution is 2.16. The Morgan fingerprint density at radius 3 is 2.64 bits per heavy atom. The second-order valence-corrected chi connectivity index (χ2v) is 2.92. The SMILES string of the molecule is CC.Cc1c(Cl)nc2ccc(F)cn12. The molecule has 2 rings (SSSR count). The third-order valence-electron chi connectivity index (χ3n) is 1.76. The second kappa shape index (κ2) is 4.42. The third-order valence-corrected chi connectivity index (χ3v) is 2.12. The van der Waals surface area contributed by atoms with Crippen molar-refractivity contribution in [1.29, 1.82) is 0 Å². The number of hydrogen-bond acceptors (Lipinski definition) is 1. The molecular formula is C10H12ClFN2. The first-order valence-electron chi connectivity index (χ1n) is 4.48. The normalized spacial score (nSPS) is 9.79. The summed E-state index contributed by atoms with van der Waals surface area (Å²) >= 11 is 5.75. The molecule has 0 bridgehead atoms. The van der Waals surface area contributed by atoms with Gasteiger partial charge in [-0.1, -0.05) is 25.4 Å². The van der Waals surface area contributed by atoms with Crippen molar-refractivity contribution in [2.24, 2.45) is 0 Å². The summed E-state index contributed by atoms with van der Waals surface area (Å²) in [5, 5.41) is 0.417. The Labute approximate surface area is 87.3 Å². The van der Waals surface area contributed by atoms with E-state index in [0.717, 1.165) is 5.69 Å². The van der Waals surface area contributed by atoms with E-state index in [4.69, 9.17) is 11.6 Å². The van der Waals surface area contributed by atoms with Crippen molar-refractivity contribution >= 4 is 17.2 Å². The van der Waals surface area contributed by atoms with Crippen molar-refractivity contribution in [2.45, 2.75) is 20.8 Å². The van der Waals surface area contributed by atoms with Crippen LogP contribution in [0, 0.1) is 12.7 Å². The maximum atomic E-state index is 12.7. The summed E-state index contributed by atoms with van der Waals surface area (Å²) in [5.41, 5.74) is 1.42. The van der Waals surface area contributed by atoms with Gasteiger partial charge < -0.3 is 0 Å². The van der Waals surface area contributed by atoms with Crippen LogP contribution in [-0.4, -0.2) is 9.38 Å². The Hall–Kier alpha value is -1.09. The van der Waals surface area contributed by atoms with Gasteiger partial charge in [0.1, 0.15) is 11.5 Å². The third kappa shape index (κ3) is 1.87. The number of halogens is 2. The summed E-state index contributed by atoms with van der Waals surface area (Å²) in [6.45, 7) is 5.79. The van der Waals surface area contributed by atoms with Gasteiger partial charge in [-0.15, -0.1) is 0 Å². The molecule has 0 aromatic carbocycles. The molecule has 0 amide bonds.